The predicted octanol–water partition coefficient (Wildman–Crippen LogP) is 6.04. The first-order chi connectivity index (χ1) is 12.0. The Labute approximate surface area is 162 Å². The van der Waals surface area contributed by atoms with Crippen molar-refractivity contribution in [3.8, 4) is 5.75 Å². The molecule has 3 rings (SSSR count). The van der Waals surface area contributed by atoms with E-state index >= 15 is 0 Å². The van der Waals surface area contributed by atoms with Gasteiger partial charge in [-0.25, -0.2) is 4.79 Å². The van der Waals surface area contributed by atoms with E-state index in [9.17, 15) is 4.79 Å². The number of halogens is 2. The molecule has 0 aliphatic heterocycles. The Balaban J connectivity index is 1.79. The Morgan fingerprint density at radius 2 is 1.68 bits per heavy atom. The monoisotopic (exact) mass is 460 g/mol. The summed E-state index contributed by atoms with van der Waals surface area (Å²) in [4.78, 5) is 10.6. The first kappa shape index (κ1) is 17.7. The fourth-order valence-electron chi connectivity index (χ4n) is 2.47. The minimum Gasteiger partial charge on any atom is -0.487 e. The van der Waals surface area contributed by atoms with Gasteiger partial charge in [0.15, 0.2) is 0 Å². The zero-order valence-corrected chi connectivity index (χ0v) is 16.2. The molecular formula is C20H14Br2O3. The summed E-state index contributed by atoms with van der Waals surface area (Å²) in [7, 11) is 0. The van der Waals surface area contributed by atoms with E-state index in [0.717, 1.165) is 26.1 Å². The number of fused-ring (bicyclic) bond motifs is 1. The molecule has 0 fully saturated rings. The summed E-state index contributed by atoms with van der Waals surface area (Å²) < 4.78 is 7.46. The fraction of sp³-hybridized carbons (Fsp3) is 0.0500. The van der Waals surface area contributed by atoms with Gasteiger partial charge < -0.3 is 9.84 Å². The minimum atomic E-state index is -0.983. The first-order valence-electron chi connectivity index (χ1n) is 7.53. The Morgan fingerprint density at radius 3 is 2.36 bits per heavy atom. The molecule has 0 amide bonds. The second kappa shape index (κ2) is 7.85. The van der Waals surface area contributed by atoms with Crippen LogP contribution in [0.15, 0.2) is 69.6 Å². The molecule has 0 unspecified atom stereocenters. The molecule has 0 aromatic heterocycles. The number of benzene rings is 3. The molecule has 3 aromatic rings. The largest absolute Gasteiger partial charge is 0.487 e. The minimum absolute atomic E-state index is 0.437. The summed E-state index contributed by atoms with van der Waals surface area (Å²) in [5, 5.41) is 11.1. The molecule has 0 aliphatic rings. The van der Waals surface area contributed by atoms with Crippen LogP contribution in [0.25, 0.3) is 16.8 Å². The van der Waals surface area contributed by atoms with Crippen LogP contribution in [0, 0.1) is 0 Å². The zero-order valence-electron chi connectivity index (χ0n) is 13.1. The number of rotatable bonds is 5. The third-order valence-corrected chi connectivity index (χ3v) is 4.81. The molecule has 3 aromatic carbocycles. The molecule has 0 radical (unpaired) electrons. The van der Waals surface area contributed by atoms with Gasteiger partial charge in [-0.05, 0) is 78.0 Å². The van der Waals surface area contributed by atoms with Crippen LogP contribution in [0.2, 0.25) is 0 Å². The van der Waals surface area contributed by atoms with Crippen molar-refractivity contribution < 1.29 is 14.6 Å². The van der Waals surface area contributed by atoms with E-state index in [2.05, 4.69) is 56.1 Å². The van der Waals surface area contributed by atoms with E-state index < -0.39 is 5.97 Å². The lowest BCUT2D eigenvalue weighted by Gasteiger charge is -2.12. The molecule has 0 saturated carbocycles. The molecule has 5 heteroatoms. The van der Waals surface area contributed by atoms with Gasteiger partial charge in [0, 0.05) is 6.08 Å². The van der Waals surface area contributed by atoms with Crippen molar-refractivity contribution in [2.75, 3.05) is 0 Å². The van der Waals surface area contributed by atoms with Crippen molar-refractivity contribution in [3.63, 3.8) is 0 Å². The van der Waals surface area contributed by atoms with E-state index in [-0.39, 0.29) is 0 Å². The quantitative estimate of drug-likeness (QED) is 0.471. The van der Waals surface area contributed by atoms with Crippen molar-refractivity contribution in [2.45, 2.75) is 6.61 Å². The summed E-state index contributed by atoms with van der Waals surface area (Å²) in [5.41, 5.74) is 1.84. The second-order valence-corrected chi connectivity index (χ2v) is 7.16. The predicted molar refractivity (Wildman–Crippen MR) is 107 cm³/mol. The first-order valence-corrected chi connectivity index (χ1v) is 9.12. The average molecular weight is 462 g/mol. The van der Waals surface area contributed by atoms with Gasteiger partial charge in [0.05, 0.1) is 8.95 Å². The third-order valence-electron chi connectivity index (χ3n) is 3.64. The summed E-state index contributed by atoms with van der Waals surface area (Å²) >= 11 is 6.96. The second-order valence-electron chi connectivity index (χ2n) is 5.46. The number of carbonyl (C=O) groups is 1. The van der Waals surface area contributed by atoms with Crippen LogP contribution < -0.4 is 4.74 Å². The number of carboxylic acids is 1. The zero-order chi connectivity index (χ0) is 17.8. The number of hydrogen-bond donors (Lipinski definition) is 1. The van der Waals surface area contributed by atoms with E-state index in [1.165, 1.54) is 16.8 Å². The van der Waals surface area contributed by atoms with Crippen LogP contribution >= 0.6 is 31.9 Å². The lowest BCUT2D eigenvalue weighted by atomic mass is 10.1. The molecule has 126 valence electrons. The Bertz CT molecular complexity index is 941. The van der Waals surface area contributed by atoms with Gasteiger partial charge in [0.1, 0.15) is 12.4 Å². The molecule has 0 spiro atoms. The van der Waals surface area contributed by atoms with Gasteiger partial charge in [0.2, 0.25) is 0 Å². The van der Waals surface area contributed by atoms with Gasteiger partial charge in [-0.3, -0.25) is 0 Å². The van der Waals surface area contributed by atoms with Crippen LogP contribution in [0.3, 0.4) is 0 Å². The van der Waals surface area contributed by atoms with Crippen molar-refractivity contribution in [2.24, 2.45) is 0 Å². The molecular weight excluding hydrogens is 448 g/mol. The number of hydrogen-bond acceptors (Lipinski definition) is 2. The van der Waals surface area contributed by atoms with Crippen LogP contribution in [0.4, 0.5) is 0 Å². The SMILES string of the molecule is O=C(O)C=Cc1cc(Br)c(OCc2ccc3ccccc3c2)c(Br)c1. The highest BCUT2D eigenvalue weighted by Crippen LogP contribution is 2.35. The normalized spacial score (nSPS) is 11.1. The number of carboxylic acid groups (broad SMARTS) is 1. The van der Waals surface area contributed by atoms with Gasteiger partial charge in [0.25, 0.3) is 0 Å². The molecule has 0 aliphatic carbocycles. The smallest absolute Gasteiger partial charge is 0.328 e. The Kier molecular flexibility index (Phi) is 5.56. The maximum absolute atomic E-state index is 10.6. The van der Waals surface area contributed by atoms with Crippen LogP contribution in [0.1, 0.15) is 11.1 Å². The third kappa shape index (κ3) is 4.50. The van der Waals surface area contributed by atoms with E-state index in [1.807, 2.05) is 30.3 Å². The molecule has 25 heavy (non-hydrogen) atoms. The topological polar surface area (TPSA) is 46.5 Å². The van der Waals surface area contributed by atoms with Crippen molar-refractivity contribution in [3.05, 3.63) is 80.7 Å². The summed E-state index contributed by atoms with van der Waals surface area (Å²) in [6, 6.07) is 18.1. The molecule has 0 heterocycles. The highest BCUT2D eigenvalue weighted by molar-refractivity contribution is 9.11. The van der Waals surface area contributed by atoms with Crippen LogP contribution in [-0.2, 0) is 11.4 Å². The lowest BCUT2D eigenvalue weighted by Crippen LogP contribution is -1.97. The van der Waals surface area contributed by atoms with Crippen LogP contribution in [0.5, 0.6) is 5.75 Å². The van der Waals surface area contributed by atoms with E-state index in [4.69, 9.17) is 9.84 Å². The standard InChI is InChI=1S/C20H14Br2O3/c21-17-10-13(6-8-19(23)24)11-18(22)20(17)25-12-14-5-7-15-3-1-2-4-16(15)9-14/h1-11H,12H2,(H,23,24). The lowest BCUT2D eigenvalue weighted by molar-refractivity contribution is -0.131. The number of aliphatic carboxylic acids is 1. The highest BCUT2D eigenvalue weighted by Gasteiger charge is 2.09. The summed E-state index contributed by atoms with van der Waals surface area (Å²) in [6.07, 6.45) is 2.63. The molecule has 0 bridgehead atoms. The van der Waals surface area contributed by atoms with Crippen LogP contribution in [-0.4, -0.2) is 11.1 Å². The van der Waals surface area contributed by atoms with E-state index in [0.29, 0.717) is 12.4 Å². The molecule has 3 nitrogen and oxygen atoms in total. The highest BCUT2D eigenvalue weighted by atomic mass is 79.9. The van der Waals surface area contributed by atoms with Crippen molar-refractivity contribution in [1.82, 2.24) is 0 Å². The number of ether oxygens (including phenoxy) is 1. The van der Waals surface area contributed by atoms with Gasteiger partial charge in [-0.15, -0.1) is 0 Å². The van der Waals surface area contributed by atoms with Gasteiger partial charge in [-0.1, -0.05) is 36.4 Å². The maximum Gasteiger partial charge on any atom is 0.328 e. The summed E-state index contributed by atoms with van der Waals surface area (Å²) in [5.74, 6) is -0.301. The Hall–Kier alpha value is -2.11. The maximum atomic E-state index is 10.6. The summed E-state index contributed by atoms with van der Waals surface area (Å²) in [6.45, 7) is 0.437. The van der Waals surface area contributed by atoms with Gasteiger partial charge in [-0.2, -0.15) is 0 Å². The fourth-order valence-corrected chi connectivity index (χ4v) is 3.92. The van der Waals surface area contributed by atoms with Crippen molar-refractivity contribution in [1.29, 1.82) is 0 Å². The molecule has 1 N–H and O–H groups in total. The Morgan fingerprint density at radius 1 is 1.00 bits per heavy atom. The molecule has 0 atom stereocenters. The average Bonchev–Trinajstić information content (AvgIpc) is 2.59. The van der Waals surface area contributed by atoms with Crippen molar-refractivity contribution >= 4 is 54.7 Å². The van der Waals surface area contributed by atoms with E-state index in [1.54, 1.807) is 0 Å². The van der Waals surface area contributed by atoms with Gasteiger partial charge >= 0.3 is 5.97 Å². The molecule has 0 saturated heterocycles.